The molecule has 2 rings (SSSR count). The minimum absolute atomic E-state index is 0.357. The molecule has 0 radical (unpaired) electrons. The molecular weight excluding hydrogens is 200 g/mol. The lowest BCUT2D eigenvalue weighted by Gasteiger charge is -1.93. The first kappa shape index (κ1) is 8.55. The van der Waals surface area contributed by atoms with Crippen LogP contribution < -0.4 is 0 Å². The van der Waals surface area contributed by atoms with Gasteiger partial charge in [0.15, 0.2) is 11.7 Å². The van der Waals surface area contributed by atoms with Crippen molar-refractivity contribution in [3.05, 3.63) is 29.2 Å². The number of nitrogens with zero attached hydrogens (tertiary/aromatic N) is 4. The van der Waals surface area contributed by atoms with E-state index in [-0.39, 0.29) is 0 Å². The Balaban J connectivity index is 2.68. The van der Waals surface area contributed by atoms with Gasteiger partial charge < -0.3 is 0 Å². The van der Waals surface area contributed by atoms with Crippen LogP contribution in [0.2, 0.25) is 5.15 Å². The van der Waals surface area contributed by atoms with E-state index in [1.807, 2.05) is 0 Å². The normalized spacial score (nSPS) is 9.14. The molecule has 4 nitrogen and oxygen atoms in total. The van der Waals surface area contributed by atoms with Gasteiger partial charge in [-0.2, -0.15) is 10.4 Å². The zero-order chi connectivity index (χ0) is 9.97. The van der Waals surface area contributed by atoms with Gasteiger partial charge in [0.25, 0.3) is 0 Å². The molecule has 0 bridgehead atoms. The van der Waals surface area contributed by atoms with Gasteiger partial charge in [0.2, 0.25) is 0 Å². The third-order valence-electron chi connectivity index (χ3n) is 1.58. The van der Waals surface area contributed by atoms with Gasteiger partial charge in [-0.1, -0.05) is 11.6 Å². The molecule has 0 amide bonds. The van der Waals surface area contributed by atoms with Crippen molar-refractivity contribution in [1.82, 2.24) is 14.6 Å². The molecular formula is C9H3ClN4. The quantitative estimate of drug-likeness (QED) is 0.605. The fourth-order valence-corrected chi connectivity index (χ4v) is 1.17. The zero-order valence-electron chi connectivity index (χ0n) is 6.90. The molecule has 0 N–H and O–H groups in total. The number of halogens is 1. The Morgan fingerprint density at radius 2 is 2.29 bits per heavy atom. The van der Waals surface area contributed by atoms with E-state index in [0.717, 1.165) is 0 Å². The van der Waals surface area contributed by atoms with Gasteiger partial charge in [-0.15, -0.1) is 0 Å². The lowest BCUT2D eigenvalue weighted by molar-refractivity contribution is 0.924. The van der Waals surface area contributed by atoms with E-state index in [1.165, 1.54) is 4.52 Å². The van der Waals surface area contributed by atoms with Gasteiger partial charge in [0.05, 0.1) is 6.20 Å². The van der Waals surface area contributed by atoms with Crippen molar-refractivity contribution in [2.45, 2.75) is 0 Å². The highest BCUT2D eigenvalue weighted by Crippen LogP contribution is 2.08. The Bertz CT molecular complexity index is 582. The summed E-state index contributed by atoms with van der Waals surface area (Å²) in [4.78, 5) is 4.04. The van der Waals surface area contributed by atoms with E-state index in [2.05, 4.69) is 21.9 Å². The van der Waals surface area contributed by atoms with Gasteiger partial charge in [0.1, 0.15) is 10.8 Å². The molecule has 2 aromatic heterocycles. The van der Waals surface area contributed by atoms with Crippen LogP contribution in [0.5, 0.6) is 0 Å². The van der Waals surface area contributed by atoms with E-state index in [0.29, 0.717) is 16.5 Å². The fourth-order valence-electron chi connectivity index (χ4n) is 1.03. The number of fused-ring (bicyclic) bond motifs is 1. The summed E-state index contributed by atoms with van der Waals surface area (Å²) < 4.78 is 1.49. The summed E-state index contributed by atoms with van der Waals surface area (Å²) >= 11 is 5.71. The predicted octanol–water partition coefficient (Wildman–Crippen LogP) is 1.26. The van der Waals surface area contributed by atoms with Crippen molar-refractivity contribution in [2.24, 2.45) is 0 Å². The fraction of sp³-hybridized carbons (Fsp3) is 0. The second-order valence-corrected chi connectivity index (χ2v) is 2.82. The van der Waals surface area contributed by atoms with Crippen LogP contribution in [0.15, 0.2) is 18.3 Å². The number of nitriles is 1. The topological polar surface area (TPSA) is 54.0 Å². The SMILES string of the molecule is N#CC#Cc1cnc2ccc(Cl)nn12. The molecule has 66 valence electrons. The van der Waals surface area contributed by atoms with E-state index >= 15 is 0 Å². The Morgan fingerprint density at radius 3 is 3.07 bits per heavy atom. The molecule has 0 unspecified atom stereocenters. The number of hydrogen-bond acceptors (Lipinski definition) is 3. The minimum atomic E-state index is 0.357. The molecule has 0 atom stereocenters. The number of aromatic nitrogens is 3. The zero-order valence-corrected chi connectivity index (χ0v) is 7.65. The Labute approximate surface area is 84.7 Å². The highest BCUT2D eigenvalue weighted by atomic mass is 35.5. The van der Waals surface area contributed by atoms with Crippen molar-refractivity contribution < 1.29 is 0 Å². The molecule has 5 heteroatoms. The number of imidazole rings is 1. The highest BCUT2D eigenvalue weighted by Gasteiger charge is 2.01. The van der Waals surface area contributed by atoms with Crippen molar-refractivity contribution in [3.63, 3.8) is 0 Å². The van der Waals surface area contributed by atoms with Crippen molar-refractivity contribution in [2.75, 3.05) is 0 Å². The summed E-state index contributed by atoms with van der Waals surface area (Å²) in [6.07, 6.45) is 1.54. The molecule has 0 saturated carbocycles. The lowest BCUT2D eigenvalue weighted by Crippen LogP contribution is -1.93. The molecule has 0 aliphatic heterocycles. The predicted molar refractivity (Wildman–Crippen MR) is 50.5 cm³/mol. The van der Waals surface area contributed by atoms with Crippen LogP contribution in [-0.2, 0) is 0 Å². The largest absolute Gasteiger partial charge is 0.234 e. The molecule has 2 aromatic rings. The van der Waals surface area contributed by atoms with Gasteiger partial charge in [-0.3, -0.25) is 0 Å². The highest BCUT2D eigenvalue weighted by molar-refractivity contribution is 6.29. The van der Waals surface area contributed by atoms with Crippen LogP contribution in [0.4, 0.5) is 0 Å². The van der Waals surface area contributed by atoms with Crippen LogP contribution in [0.3, 0.4) is 0 Å². The molecule has 0 aliphatic carbocycles. The minimum Gasteiger partial charge on any atom is -0.234 e. The van der Waals surface area contributed by atoms with Crippen molar-refractivity contribution in [3.8, 4) is 17.9 Å². The second-order valence-electron chi connectivity index (χ2n) is 2.43. The first-order chi connectivity index (χ1) is 6.81. The summed E-state index contributed by atoms with van der Waals surface area (Å²) in [5, 5.41) is 12.6. The van der Waals surface area contributed by atoms with Crippen LogP contribution in [0.25, 0.3) is 5.65 Å². The average molecular weight is 203 g/mol. The van der Waals surface area contributed by atoms with Crippen LogP contribution >= 0.6 is 11.6 Å². The van der Waals surface area contributed by atoms with Crippen molar-refractivity contribution >= 4 is 17.2 Å². The standard InChI is InChI=1S/C9H3ClN4/c10-8-3-4-9-12-6-7(2-1-5-11)14(9)13-8/h3-4,6H. The lowest BCUT2D eigenvalue weighted by atomic mass is 10.5. The number of rotatable bonds is 0. The van der Waals surface area contributed by atoms with Gasteiger partial charge in [0, 0.05) is 5.92 Å². The first-order valence-electron chi connectivity index (χ1n) is 3.71. The third kappa shape index (κ3) is 1.39. The summed E-state index contributed by atoms with van der Waals surface area (Å²) in [6, 6.07) is 5.10. The molecule has 0 fully saturated rings. The molecule has 14 heavy (non-hydrogen) atoms. The van der Waals surface area contributed by atoms with Gasteiger partial charge in [-0.25, -0.2) is 9.50 Å². The molecule has 0 saturated heterocycles. The van der Waals surface area contributed by atoms with Gasteiger partial charge in [-0.05, 0) is 18.1 Å². The maximum absolute atomic E-state index is 8.29. The third-order valence-corrected chi connectivity index (χ3v) is 1.78. The Kier molecular flexibility index (Phi) is 2.06. The maximum Gasteiger partial charge on any atom is 0.155 e. The van der Waals surface area contributed by atoms with Crippen molar-refractivity contribution in [1.29, 1.82) is 5.26 Å². The maximum atomic E-state index is 8.29. The smallest absolute Gasteiger partial charge is 0.155 e. The Hall–Kier alpha value is -2.04. The Morgan fingerprint density at radius 1 is 1.43 bits per heavy atom. The van der Waals surface area contributed by atoms with E-state index in [4.69, 9.17) is 16.9 Å². The summed E-state index contributed by atoms with van der Waals surface area (Å²) in [5.41, 5.74) is 1.20. The summed E-state index contributed by atoms with van der Waals surface area (Å²) in [7, 11) is 0. The van der Waals surface area contributed by atoms with Gasteiger partial charge >= 0.3 is 0 Å². The molecule has 0 spiro atoms. The molecule has 0 aliphatic rings. The first-order valence-corrected chi connectivity index (χ1v) is 4.09. The summed E-state index contributed by atoms with van der Waals surface area (Å²) in [5.74, 6) is 4.89. The van der Waals surface area contributed by atoms with Crippen LogP contribution in [0.1, 0.15) is 5.69 Å². The van der Waals surface area contributed by atoms with E-state index in [9.17, 15) is 0 Å². The summed E-state index contributed by atoms with van der Waals surface area (Å²) in [6.45, 7) is 0. The number of hydrogen-bond donors (Lipinski definition) is 0. The van der Waals surface area contributed by atoms with Crippen LogP contribution in [-0.4, -0.2) is 14.6 Å². The van der Waals surface area contributed by atoms with Crippen LogP contribution in [0, 0.1) is 23.2 Å². The second kappa shape index (κ2) is 3.37. The molecule has 2 heterocycles. The van der Waals surface area contributed by atoms with E-state index in [1.54, 1.807) is 24.4 Å². The van der Waals surface area contributed by atoms with E-state index < -0.39 is 0 Å². The average Bonchev–Trinajstić information content (AvgIpc) is 2.57. The monoisotopic (exact) mass is 202 g/mol. The molecule has 0 aromatic carbocycles.